The van der Waals surface area contributed by atoms with Crippen LogP contribution in [-0.4, -0.2) is 54.8 Å². The third-order valence-corrected chi connectivity index (χ3v) is 6.29. The van der Waals surface area contributed by atoms with Gasteiger partial charge in [-0.05, 0) is 58.5 Å². The third kappa shape index (κ3) is 6.78. The van der Waals surface area contributed by atoms with Gasteiger partial charge in [-0.25, -0.2) is 4.39 Å². The van der Waals surface area contributed by atoms with Gasteiger partial charge in [0, 0.05) is 33.3 Å². The number of hydrogen-bond donors (Lipinski definition) is 2. The Morgan fingerprint density at radius 2 is 1.77 bits per heavy atom. The first-order valence-electron chi connectivity index (χ1n) is 12.8. The Labute approximate surface area is 227 Å². The molecule has 0 bridgehead atoms. The highest BCUT2D eigenvalue weighted by atomic mass is 19.1. The number of H-pyrrole nitrogens is 1. The Kier molecular flexibility index (Phi) is 9.22. The zero-order valence-electron chi connectivity index (χ0n) is 22.3. The van der Waals surface area contributed by atoms with Crippen LogP contribution in [0.1, 0.15) is 30.0 Å². The van der Waals surface area contributed by atoms with Gasteiger partial charge in [-0.1, -0.05) is 55.5 Å². The molecular formula is C31H32F2N4O2. The second-order valence-electron chi connectivity index (χ2n) is 9.18. The fraction of sp³-hybridized carbons (Fsp3) is 0.226. The van der Waals surface area contributed by atoms with E-state index in [1.807, 2.05) is 49.4 Å². The Bertz CT molecular complexity index is 1490. The van der Waals surface area contributed by atoms with E-state index in [2.05, 4.69) is 15.5 Å². The molecule has 4 aromatic rings. The molecule has 1 aromatic heterocycles. The quantitative estimate of drug-likeness (QED) is 0.146. The van der Waals surface area contributed by atoms with Crippen molar-refractivity contribution in [1.82, 2.24) is 20.4 Å². The summed E-state index contributed by atoms with van der Waals surface area (Å²) in [5, 5.41) is 9.88. The summed E-state index contributed by atoms with van der Waals surface area (Å²) in [6, 6.07) is 20.2. The lowest BCUT2D eigenvalue weighted by Crippen LogP contribution is -2.22. The molecule has 0 aliphatic heterocycles. The minimum Gasteiger partial charge on any atom is -0.489 e. The van der Waals surface area contributed by atoms with E-state index in [0.29, 0.717) is 36.0 Å². The number of amides is 1. The average molecular weight is 531 g/mol. The highest BCUT2D eigenvalue weighted by molar-refractivity contribution is 6.00. The van der Waals surface area contributed by atoms with E-state index in [-0.39, 0.29) is 18.3 Å². The highest BCUT2D eigenvalue weighted by Crippen LogP contribution is 2.37. The smallest absolute Gasteiger partial charge is 0.245 e. The van der Waals surface area contributed by atoms with Crippen LogP contribution in [0, 0.1) is 11.8 Å². The van der Waals surface area contributed by atoms with Crippen LogP contribution in [0.25, 0.3) is 22.0 Å². The van der Waals surface area contributed by atoms with E-state index in [0.717, 1.165) is 22.3 Å². The van der Waals surface area contributed by atoms with Gasteiger partial charge >= 0.3 is 0 Å². The predicted octanol–water partition coefficient (Wildman–Crippen LogP) is 5.82. The van der Waals surface area contributed by atoms with Crippen molar-refractivity contribution in [2.45, 2.75) is 13.3 Å². The summed E-state index contributed by atoms with van der Waals surface area (Å²) >= 11 is 0. The normalized spacial score (nSPS) is 12.1. The van der Waals surface area contributed by atoms with E-state index >= 15 is 4.39 Å². The summed E-state index contributed by atoms with van der Waals surface area (Å²) in [5.74, 6) is -0.933. The molecule has 6 nitrogen and oxygen atoms in total. The summed E-state index contributed by atoms with van der Waals surface area (Å²) < 4.78 is 35.3. The first-order chi connectivity index (χ1) is 18.9. The molecule has 0 aliphatic rings. The van der Waals surface area contributed by atoms with Gasteiger partial charge in [0.15, 0.2) is 11.6 Å². The number of aromatic nitrogens is 2. The maximum Gasteiger partial charge on any atom is 0.245 e. The lowest BCUT2D eigenvalue weighted by atomic mass is 9.87. The largest absolute Gasteiger partial charge is 0.489 e. The van der Waals surface area contributed by atoms with Gasteiger partial charge in [0.2, 0.25) is 11.9 Å². The van der Waals surface area contributed by atoms with Crippen molar-refractivity contribution in [1.29, 1.82) is 0 Å². The molecule has 2 N–H and O–H groups in total. The Hall–Kier alpha value is -4.30. The summed E-state index contributed by atoms with van der Waals surface area (Å²) in [5.41, 5.74) is 4.79. The average Bonchev–Trinajstić information content (AvgIpc) is 3.31. The standard InChI is InChI=1S/C31H32F2N4O2/c1-4-24(21-9-6-5-7-10-21)30(22-12-14-27-25(19-22)31(33)36-35-27)23-13-15-28(26(32)20-23)39-18-17-34-16-8-11-29(38)37(2)3/h5-15,19-20,34H,4,16-18H2,1-3H3,(H,35,36). The van der Waals surface area contributed by atoms with Crippen molar-refractivity contribution in [3.63, 3.8) is 0 Å². The topological polar surface area (TPSA) is 70.2 Å². The van der Waals surface area contributed by atoms with Crippen molar-refractivity contribution in [2.24, 2.45) is 0 Å². The highest BCUT2D eigenvalue weighted by Gasteiger charge is 2.17. The van der Waals surface area contributed by atoms with E-state index in [9.17, 15) is 9.18 Å². The summed E-state index contributed by atoms with van der Waals surface area (Å²) in [4.78, 5) is 13.0. The fourth-order valence-corrected chi connectivity index (χ4v) is 4.31. The van der Waals surface area contributed by atoms with Gasteiger partial charge in [-0.15, -0.1) is 0 Å². The maximum absolute atomic E-state index is 15.3. The Balaban J connectivity index is 1.57. The Morgan fingerprint density at radius 3 is 2.49 bits per heavy atom. The van der Waals surface area contributed by atoms with Crippen molar-refractivity contribution in [3.8, 4) is 5.75 Å². The number of carbonyl (C=O) groups is 1. The SMILES string of the molecule is CCC(=C(c1ccc(OCCNCC=CC(=O)N(C)C)c(F)c1)c1ccc2n[nH]c(F)c2c1)c1ccccc1. The second-order valence-corrected chi connectivity index (χ2v) is 9.18. The van der Waals surface area contributed by atoms with Gasteiger partial charge in [0.25, 0.3) is 0 Å². The number of nitrogens with zero attached hydrogens (tertiary/aromatic N) is 2. The number of likely N-dealkylation sites (N-methyl/N-ethyl adjacent to an activating group) is 1. The molecule has 1 heterocycles. The van der Waals surface area contributed by atoms with Crippen LogP contribution >= 0.6 is 0 Å². The number of aromatic amines is 1. The molecule has 0 saturated carbocycles. The molecule has 0 fully saturated rings. The van der Waals surface area contributed by atoms with Crippen molar-refractivity contribution >= 4 is 28.0 Å². The van der Waals surface area contributed by atoms with E-state index in [1.165, 1.54) is 17.0 Å². The molecular weight excluding hydrogens is 498 g/mol. The molecule has 8 heteroatoms. The zero-order valence-corrected chi connectivity index (χ0v) is 22.3. The van der Waals surface area contributed by atoms with Crippen molar-refractivity contribution < 1.29 is 18.3 Å². The number of benzene rings is 3. The first-order valence-corrected chi connectivity index (χ1v) is 12.8. The molecule has 39 heavy (non-hydrogen) atoms. The molecule has 0 spiro atoms. The van der Waals surface area contributed by atoms with Crippen LogP contribution in [0.3, 0.4) is 0 Å². The number of fused-ring (bicyclic) bond motifs is 1. The molecule has 1 amide bonds. The Morgan fingerprint density at radius 1 is 1.03 bits per heavy atom. The minimum absolute atomic E-state index is 0.0862. The maximum atomic E-state index is 15.3. The number of rotatable bonds is 11. The van der Waals surface area contributed by atoms with Crippen molar-refractivity contribution in [3.05, 3.63) is 107 Å². The molecule has 202 valence electrons. The second kappa shape index (κ2) is 13.0. The molecule has 0 unspecified atom stereocenters. The third-order valence-electron chi connectivity index (χ3n) is 6.29. The predicted molar refractivity (Wildman–Crippen MR) is 151 cm³/mol. The number of nitrogens with one attached hydrogen (secondary N) is 2. The number of halogens is 2. The minimum atomic E-state index is -0.507. The molecule has 0 radical (unpaired) electrons. The van der Waals surface area contributed by atoms with Gasteiger partial charge in [-0.2, -0.15) is 9.49 Å². The van der Waals surface area contributed by atoms with E-state index in [4.69, 9.17) is 4.74 Å². The van der Waals surface area contributed by atoms with Gasteiger partial charge in [-0.3, -0.25) is 9.89 Å². The number of carbonyl (C=O) groups excluding carboxylic acids is 1. The van der Waals surface area contributed by atoms with E-state index < -0.39 is 11.8 Å². The lowest BCUT2D eigenvalue weighted by molar-refractivity contribution is -0.123. The zero-order chi connectivity index (χ0) is 27.8. The van der Waals surface area contributed by atoms with Crippen LogP contribution in [-0.2, 0) is 4.79 Å². The molecule has 4 rings (SSSR count). The van der Waals surface area contributed by atoms with Crippen LogP contribution in [0.4, 0.5) is 8.78 Å². The number of hydrogen-bond acceptors (Lipinski definition) is 4. The molecule has 0 aliphatic carbocycles. The van der Waals surface area contributed by atoms with Crippen LogP contribution in [0.2, 0.25) is 0 Å². The molecule has 0 atom stereocenters. The van der Waals surface area contributed by atoms with E-state index in [1.54, 1.807) is 38.4 Å². The van der Waals surface area contributed by atoms with Crippen LogP contribution in [0.15, 0.2) is 78.9 Å². The summed E-state index contributed by atoms with van der Waals surface area (Å²) in [6.07, 6.45) is 3.91. The van der Waals surface area contributed by atoms with Crippen LogP contribution < -0.4 is 10.1 Å². The van der Waals surface area contributed by atoms with Crippen molar-refractivity contribution in [2.75, 3.05) is 33.8 Å². The number of ether oxygens (including phenoxy) is 1. The van der Waals surface area contributed by atoms with Crippen LogP contribution in [0.5, 0.6) is 5.75 Å². The lowest BCUT2D eigenvalue weighted by Gasteiger charge is -2.17. The van der Waals surface area contributed by atoms with Gasteiger partial charge in [0.1, 0.15) is 6.61 Å². The summed E-state index contributed by atoms with van der Waals surface area (Å²) in [7, 11) is 3.38. The summed E-state index contributed by atoms with van der Waals surface area (Å²) in [6.45, 7) is 3.29. The monoisotopic (exact) mass is 530 g/mol. The van der Waals surface area contributed by atoms with Gasteiger partial charge in [0.05, 0.1) is 10.9 Å². The molecule has 3 aromatic carbocycles. The number of allylic oxidation sites excluding steroid dienone is 1. The fourth-order valence-electron chi connectivity index (χ4n) is 4.31. The van der Waals surface area contributed by atoms with Gasteiger partial charge < -0.3 is 15.0 Å². The molecule has 0 saturated heterocycles. The first kappa shape index (κ1) is 27.7.